The third kappa shape index (κ3) is 6.50. The summed E-state index contributed by atoms with van der Waals surface area (Å²) >= 11 is 0. The summed E-state index contributed by atoms with van der Waals surface area (Å²) in [6, 6.07) is 7.52. The van der Waals surface area contributed by atoms with Gasteiger partial charge in [0.25, 0.3) is 0 Å². The van der Waals surface area contributed by atoms with Gasteiger partial charge in [0, 0.05) is 11.8 Å². The van der Waals surface area contributed by atoms with Crippen LogP contribution in [0.15, 0.2) is 36.0 Å². The van der Waals surface area contributed by atoms with Crippen LogP contribution < -0.4 is 10.5 Å². The van der Waals surface area contributed by atoms with Gasteiger partial charge in [0.1, 0.15) is 12.4 Å². The Morgan fingerprint density at radius 1 is 1.32 bits per heavy atom. The quantitative estimate of drug-likeness (QED) is 0.467. The highest BCUT2D eigenvalue weighted by Gasteiger charge is 2.00. The van der Waals surface area contributed by atoms with E-state index in [0.29, 0.717) is 5.70 Å². The molecule has 0 aliphatic heterocycles. The molecule has 19 heavy (non-hydrogen) atoms. The Balaban J connectivity index is 2.40. The lowest BCUT2D eigenvalue weighted by Crippen LogP contribution is -2.04. The molecule has 0 aliphatic carbocycles. The largest absolute Gasteiger partial charge is 0.494 e. The van der Waals surface area contributed by atoms with Crippen LogP contribution >= 0.6 is 0 Å². The monoisotopic (exact) mass is 263 g/mol. The van der Waals surface area contributed by atoms with Crippen molar-refractivity contribution in [2.24, 2.45) is 5.73 Å². The van der Waals surface area contributed by atoms with Gasteiger partial charge in [0.2, 0.25) is 0 Å². The number of nitrogens with two attached hydrogens (primary N) is 1. The molecule has 1 aromatic rings. The Kier molecular flexibility index (Phi) is 6.50. The first kappa shape index (κ1) is 15.1. The minimum atomic E-state index is -0.428. The molecule has 0 bridgehead atoms. The minimum Gasteiger partial charge on any atom is -0.494 e. The summed E-state index contributed by atoms with van der Waals surface area (Å²) in [5.41, 5.74) is 6.73. The van der Waals surface area contributed by atoms with Crippen LogP contribution in [-0.4, -0.2) is 12.6 Å². The fourth-order valence-electron chi connectivity index (χ4n) is 1.40. The van der Waals surface area contributed by atoms with E-state index in [-0.39, 0.29) is 6.61 Å². The smallest absolute Gasteiger partial charge is 0.332 e. The molecule has 0 radical (unpaired) electrons. The van der Waals surface area contributed by atoms with Crippen molar-refractivity contribution in [3.63, 3.8) is 0 Å². The highest BCUT2D eigenvalue weighted by Crippen LogP contribution is 2.13. The average Bonchev–Trinajstić information content (AvgIpc) is 2.37. The predicted molar refractivity (Wildman–Crippen MR) is 74.6 cm³/mol. The van der Waals surface area contributed by atoms with Crippen molar-refractivity contribution in [3.8, 4) is 5.75 Å². The van der Waals surface area contributed by atoms with E-state index in [2.05, 4.69) is 6.92 Å². The number of rotatable bonds is 7. The van der Waals surface area contributed by atoms with Crippen LogP contribution in [0, 0.1) is 0 Å². The number of carbonyl (C=O) groups is 1. The van der Waals surface area contributed by atoms with Crippen LogP contribution in [0.4, 0.5) is 0 Å². The molecule has 4 heteroatoms. The standard InChI is InChI=1S/C15H21NO3/c1-3-4-9-18-14-7-5-13(6-8-14)11-19-15(17)10-12(2)16/h5-8,10H,3-4,9,11,16H2,1-2H3/b12-10-. The van der Waals surface area contributed by atoms with Gasteiger partial charge in [0.05, 0.1) is 6.61 Å². The van der Waals surface area contributed by atoms with Crippen molar-refractivity contribution in [1.82, 2.24) is 0 Å². The molecule has 0 heterocycles. The molecular formula is C15H21NO3. The molecule has 0 unspecified atom stereocenters. The second-order valence-electron chi connectivity index (χ2n) is 4.34. The first-order chi connectivity index (χ1) is 9.11. The van der Waals surface area contributed by atoms with E-state index in [9.17, 15) is 4.79 Å². The van der Waals surface area contributed by atoms with Crippen molar-refractivity contribution in [3.05, 3.63) is 41.6 Å². The Morgan fingerprint density at radius 2 is 2.00 bits per heavy atom. The lowest BCUT2D eigenvalue weighted by Gasteiger charge is -2.07. The Morgan fingerprint density at radius 3 is 2.58 bits per heavy atom. The van der Waals surface area contributed by atoms with Gasteiger partial charge >= 0.3 is 5.97 Å². The maximum atomic E-state index is 11.3. The molecular weight excluding hydrogens is 242 g/mol. The lowest BCUT2D eigenvalue weighted by atomic mass is 10.2. The lowest BCUT2D eigenvalue weighted by molar-refractivity contribution is -0.139. The number of benzene rings is 1. The van der Waals surface area contributed by atoms with Crippen LogP contribution in [0.5, 0.6) is 5.75 Å². The summed E-state index contributed by atoms with van der Waals surface area (Å²) in [5.74, 6) is 0.407. The normalized spacial score (nSPS) is 11.2. The van der Waals surface area contributed by atoms with Gasteiger partial charge in [-0.05, 0) is 31.0 Å². The first-order valence-corrected chi connectivity index (χ1v) is 6.44. The number of allylic oxidation sites excluding steroid dienone is 1. The van der Waals surface area contributed by atoms with E-state index >= 15 is 0 Å². The Bertz CT molecular complexity index is 420. The van der Waals surface area contributed by atoms with Crippen LogP contribution in [-0.2, 0) is 16.1 Å². The van der Waals surface area contributed by atoms with Gasteiger partial charge in [0.15, 0.2) is 0 Å². The van der Waals surface area contributed by atoms with Crippen molar-refractivity contribution >= 4 is 5.97 Å². The second kappa shape index (κ2) is 8.19. The number of unbranched alkanes of at least 4 members (excludes halogenated alkanes) is 1. The predicted octanol–water partition coefficient (Wildman–Crippen LogP) is 2.77. The van der Waals surface area contributed by atoms with Gasteiger partial charge in [-0.15, -0.1) is 0 Å². The zero-order chi connectivity index (χ0) is 14.1. The number of hydrogen-bond acceptors (Lipinski definition) is 4. The maximum Gasteiger partial charge on any atom is 0.332 e. The van der Waals surface area contributed by atoms with Gasteiger partial charge in [-0.2, -0.15) is 0 Å². The molecule has 0 fully saturated rings. The van der Waals surface area contributed by atoms with Crippen LogP contribution in [0.2, 0.25) is 0 Å². The molecule has 1 rings (SSSR count). The molecule has 0 aliphatic rings. The molecule has 1 aromatic carbocycles. The van der Waals surface area contributed by atoms with E-state index in [1.165, 1.54) is 6.08 Å². The number of carbonyl (C=O) groups excluding carboxylic acids is 1. The zero-order valence-electron chi connectivity index (χ0n) is 11.5. The summed E-state index contributed by atoms with van der Waals surface area (Å²) in [6.45, 7) is 4.73. The minimum absolute atomic E-state index is 0.234. The van der Waals surface area contributed by atoms with Gasteiger partial charge in [-0.1, -0.05) is 25.5 Å². The highest BCUT2D eigenvalue weighted by molar-refractivity contribution is 5.82. The van der Waals surface area contributed by atoms with Crippen LogP contribution in [0.3, 0.4) is 0 Å². The summed E-state index contributed by atoms with van der Waals surface area (Å²) in [6.07, 6.45) is 3.43. The van der Waals surface area contributed by atoms with E-state index in [1.807, 2.05) is 24.3 Å². The molecule has 0 amide bonds. The van der Waals surface area contributed by atoms with E-state index < -0.39 is 5.97 Å². The highest BCUT2D eigenvalue weighted by atomic mass is 16.5. The first-order valence-electron chi connectivity index (χ1n) is 6.44. The SMILES string of the molecule is CCCCOc1ccc(COC(=O)/C=C(/C)N)cc1. The van der Waals surface area contributed by atoms with Crippen molar-refractivity contribution in [2.45, 2.75) is 33.3 Å². The number of hydrogen-bond donors (Lipinski definition) is 1. The molecule has 0 atom stereocenters. The zero-order valence-corrected chi connectivity index (χ0v) is 11.5. The van der Waals surface area contributed by atoms with E-state index in [1.54, 1.807) is 6.92 Å². The van der Waals surface area contributed by atoms with E-state index in [4.69, 9.17) is 15.2 Å². The van der Waals surface area contributed by atoms with Crippen molar-refractivity contribution in [1.29, 1.82) is 0 Å². The van der Waals surface area contributed by atoms with Gasteiger partial charge in [-0.25, -0.2) is 4.79 Å². The third-order valence-corrected chi connectivity index (χ3v) is 2.42. The summed E-state index contributed by atoms with van der Waals surface area (Å²) in [7, 11) is 0. The fraction of sp³-hybridized carbons (Fsp3) is 0.400. The molecule has 0 saturated carbocycles. The second-order valence-corrected chi connectivity index (χ2v) is 4.34. The maximum absolute atomic E-state index is 11.3. The number of ether oxygens (including phenoxy) is 2. The molecule has 0 aromatic heterocycles. The summed E-state index contributed by atoms with van der Waals surface area (Å²) in [4.78, 5) is 11.3. The van der Waals surface area contributed by atoms with E-state index in [0.717, 1.165) is 30.8 Å². The molecule has 104 valence electrons. The summed E-state index contributed by atoms with van der Waals surface area (Å²) in [5, 5.41) is 0. The van der Waals surface area contributed by atoms with Gasteiger partial charge in [-0.3, -0.25) is 0 Å². The molecule has 2 N–H and O–H groups in total. The molecule has 0 saturated heterocycles. The van der Waals surface area contributed by atoms with Gasteiger partial charge < -0.3 is 15.2 Å². The van der Waals surface area contributed by atoms with Crippen LogP contribution in [0.25, 0.3) is 0 Å². The Hall–Kier alpha value is -1.97. The van der Waals surface area contributed by atoms with Crippen LogP contribution in [0.1, 0.15) is 32.3 Å². The van der Waals surface area contributed by atoms with Crippen molar-refractivity contribution in [2.75, 3.05) is 6.61 Å². The average molecular weight is 263 g/mol. The van der Waals surface area contributed by atoms with Crippen molar-refractivity contribution < 1.29 is 14.3 Å². The topological polar surface area (TPSA) is 61.5 Å². The third-order valence-electron chi connectivity index (χ3n) is 2.42. The fourth-order valence-corrected chi connectivity index (χ4v) is 1.40. The number of esters is 1. The molecule has 0 spiro atoms. The Labute approximate surface area is 114 Å². The summed E-state index contributed by atoms with van der Waals surface area (Å²) < 4.78 is 10.6. The molecule has 4 nitrogen and oxygen atoms in total.